The van der Waals surface area contributed by atoms with Crippen LogP contribution in [0.4, 0.5) is 0 Å². The van der Waals surface area contributed by atoms with Gasteiger partial charge in [0.1, 0.15) is 12.4 Å². The van der Waals surface area contributed by atoms with Crippen LogP contribution in [0.1, 0.15) is 24.3 Å². The third-order valence-electron chi connectivity index (χ3n) is 3.40. The Hall–Kier alpha value is -2.39. The van der Waals surface area contributed by atoms with E-state index in [1.165, 1.54) is 0 Å². The molecule has 0 aliphatic rings. The van der Waals surface area contributed by atoms with Crippen molar-refractivity contribution in [2.24, 2.45) is 0 Å². The summed E-state index contributed by atoms with van der Waals surface area (Å²) in [5.74, 6) is 0.697. The average molecular weight is 279 g/mol. The number of benzene rings is 2. The summed E-state index contributed by atoms with van der Waals surface area (Å²) < 4.78 is 5.81. The van der Waals surface area contributed by atoms with E-state index in [2.05, 4.69) is 4.98 Å². The summed E-state index contributed by atoms with van der Waals surface area (Å²) in [5.41, 5.74) is 2.62. The molecular formula is C18H17NO2. The summed E-state index contributed by atoms with van der Waals surface area (Å²) in [5, 5.41) is 10.9. The van der Waals surface area contributed by atoms with Crippen LogP contribution in [0.5, 0.6) is 5.75 Å². The standard InChI is InChI=1S/C18H17NO2/c1-13(20)16-7-3-5-9-18(16)21-12-15-11-10-14-6-2-4-8-17(14)19-15/h2-11,13,20H,12H2,1H3/t13-/m1/s1. The van der Waals surface area contributed by atoms with Crippen LogP contribution in [0.25, 0.3) is 10.9 Å². The molecule has 1 atom stereocenters. The molecule has 0 fully saturated rings. The SMILES string of the molecule is C[C@@H](O)c1ccccc1OCc1ccc2ccccc2n1. The zero-order valence-corrected chi connectivity index (χ0v) is 11.9. The minimum Gasteiger partial charge on any atom is -0.487 e. The van der Waals surface area contributed by atoms with Gasteiger partial charge < -0.3 is 9.84 Å². The van der Waals surface area contributed by atoms with Gasteiger partial charge in [-0.05, 0) is 25.1 Å². The quantitative estimate of drug-likeness (QED) is 0.788. The van der Waals surface area contributed by atoms with Crippen molar-refractivity contribution in [2.45, 2.75) is 19.6 Å². The lowest BCUT2D eigenvalue weighted by molar-refractivity contribution is 0.190. The topological polar surface area (TPSA) is 42.4 Å². The Kier molecular flexibility index (Phi) is 3.84. The molecule has 0 unspecified atom stereocenters. The molecule has 1 N–H and O–H groups in total. The van der Waals surface area contributed by atoms with Gasteiger partial charge in [0.25, 0.3) is 0 Å². The number of nitrogens with zero attached hydrogens (tertiary/aromatic N) is 1. The average Bonchev–Trinajstić information content (AvgIpc) is 2.53. The molecular weight excluding hydrogens is 262 g/mol. The van der Waals surface area contributed by atoms with Gasteiger partial charge in [0.2, 0.25) is 0 Å². The number of rotatable bonds is 4. The second kappa shape index (κ2) is 5.94. The number of fused-ring (bicyclic) bond motifs is 1. The molecule has 0 spiro atoms. The van der Waals surface area contributed by atoms with Crippen molar-refractivity contribution in [2.75, 3.05) is 0 Å². The molecule has 0 saturated carbocycles. The van der Waals surface area contributed by atoms with Crippen molar-refractivity contribution in [1.29, 1.82) is 0 Å². The molecule has 3 rings (SSSR count). The number of aliphatic hydroxyl groups excluding tert-OH is 1. The monoisotopic (exact) mass is 279 g/mol. The molecule has 3 heteroatoms. The van der Waals surface area contributed by atoms with Gasteiger partial charge in [-0.1, -0.05) is 42.5 Å². The van der Waals surface area contributed by atoms with Crippen LogP contribution in [-0.2, 0) is 6.61 Å². The van der Waals surface area contributed by atoms with Crippen molar-refractivity contribution in [3.05, 3.63) is 71.9 Å². The van der Waals surface area contributed by atoms with E-state index in [0.717, 1.165) is 22.2 Å². The van der Waals surface area contributed by atoms with E-state index in [0.29, 0.717) is 12.4 Å². The van der Waals surface area contributed by atoms with E-state index in [1.807, 2.05) is 60.7 Å². The molecule has 0 saturated heterocycles. The Morgan fingerprint density at radius 3 is 2.62 bits per heavy atom. The Labute approximate surface area is 123 Å². The van der Waals surface area contributed by atoms with Crippen LogP contribution in [0.15, 0.2) is 60.7 Å². The molecule has 106 valence electrons. The Bertz CT molecular complexity index is 753. The summed E-state index contributed by atoms with van der Waals surface area (Å²) in [6, 6.07) is 19.5. The molecule has 2 aromatic carbocycles. The van der Waals surface area contributed by atoms with Gasteiger partial charge in [-0.15, -0.1) is 0 Å². The Morgan fingerprint density at radius 1 is 1.00 bits per heavy atom. The van der Waals surface area contributed by atoms with Crippen molar-refractivity contribution < 1.29 is 9.84 Å². The summed E-state index contributed by atoms with van der Waals surface area (Å²) in [6.07, 6.45) is -0.550. The van der Waals surface area contributed by atoms with Gasteiger partial charge in [-0.2, -0.15) is 0 Å². The first-order valence-corrected chi connectivity index (χ1v) is 6.98. The highest BCUT2D eigenvalue weighted by Crippen LogP contribution is 2.25. The van der Waals surface area contributed by atoms with Crippen LogP contribution < -0.4 is 4.74 Å². The fraction of sp³-hybridized carbons (Fsp3) is 0.167. The van der Waals surface area contributed by atoms with Crippen molar-refractivity contribution >= 4 is 10.9 Å². The molecule has 0 amide bonds. The highest BCUT2D eigenvalue weighted by molar-refractivity contribution is 5.78. The fourth-order valence-corrected chi connectivity index (χ4v) is 2.30. The number of pyridine rings is 1. The van der Waals surface area contributed by atoms with Crippen LogP contribution >= 0.6 is 0 Å². The number of ether oxygens (including phenoxy) is 1. The smallest absolute Gasteiger partial charge is 0.130 e. The van der Waals surface area contributed by atoms with E-state index in [9.17, 15) is 5.11 Å². The van der Waals surface area contributed by atoms with Gasteiger partial charge in [0.15, 0.2) is 0 Å². The molecule has 1 aromatic heterocycles. The fourth-order valence-electron chi connectivity index (χ4n) is 2.30. The number of aromatic nitrogens is 1. The Balaban J connectivity index is 1.80. The Morgan fingerprint density at radius 2 is 1.76 bits per heavy atom. The van der Waals surface area contributed by atoms with Gasteiger partial charge in [-0.3, -0.25) is 0 Å². The third-order valence-corrected chi connectivity index (χ3v) is 3.40. The second-order valence-corrected chi connectivity index (χ2v) is 5.00. The normalized spacial score (nSPS) is 12.3. The summed E-state index contributed by atoms with van der Waals surface area (Å²) in [7, 11) is 0. The number of hydrogen-bond donors (Lipinski definition) is 1. The highest BCUT2D eigenvalue weighted by atomic mass is 16.5. The summed E-state index contributed by atoms with van der Waals surface area (Å²) in [6.45, 7) is 2.12. The van der Waals surface area contributed by atoms with E-state index in [4.69, 9.17) is 4.74 Å². The lowest BCUT2D eigenvalue weighted by Gasteiger charge is -2.13. The van der Waals surface area contributed by atoms with E-state index >= 15 is 0 Å². The zero-order chi connectivity index (χ0) is 14.7. The van der Waals surface area contributed by atoms with Crippen molar-refractivity contribution in [3.8, 4) is 5.75 Å². The lowest BCUT2D eigenvalue weighted by Crippen LogP contribution is -2.02. The third kappa shape index (κ3) is 3.03. The second-order valence-electron chi connectivity index (χ2n) is 5.00. The molecule has 3 aromatic rings. The maximum Gasteiger partial charge on any atom is 0.130 e. The molecule has 1 heterocycles. The van der Waals surface area contributed by atoms with Gasteiger partial charge in [0, 0.05) is 10.9 Å². The minimum atomic E-state index is -0.550. The number of hydrogen-bond acceptors (Lipinski definition) is 3. The van der Waals surface area contributed by atoms with Crippen LogP contribution in [-0.4, -0.2) is 10.1 Å². The van der Waals surface area contributed by atoms with Crippen molar-refractivity contribution in [1.82, 2.24) is 4.98 Å². The maximum atomic E-state index is 9.75. The van der Waals surface area contributed by atoms with E-state index in [-0.39, 0.29) is 0 Å². The molecule has 0 radical (unpaired) electrons. The molecule has 3 nitrogen and oxygen atoms in total. The highest BCUT2D eigenvalue weighted by Gasteiger charge is 2.08. The number of para-hydroxylation sites is 2. The predicted molar refractivity (Wildman–Crippen MR) is 83.2 cm³/mol. The van der Waals surface area contributed by atoms with Crippen LogP contribution in [0.2, 0.25) is 0 Å². The van der Waals surface area contributed by atoms with Crippen LogP contribution in [0, 0.1) is 0 Å². The summed E-state index contributed by atoms with van der Waals surface area (Å²) in [4.78, 5) is 4.58. The minimum absolute atomic E-state index is 0.383. The largest absolute Gasteiger partial charge is 0.487 e. The van der Waals surface area contributed by atoms with E-state index < -0.39 is 6.10 Å². The first-order chi connectivity index (χ1) is 10.2. The van der Waals surface area contributed by atoms with E-state index in [1.54, 1.807) is 6.92 Å². The van der Waals surface area contributed by atoms with Gasteiger partial charge in [0.05, 0.1) is 17.3 Å². The number of aliphatic hydroxyl groups is 1. The summed E-state index contributed by atoms with van der Waals surface area (Å²) >= 11 is 0. The lowest BCUT2D eigenvalue weighted by atomic mass is 10.1. The zero-order valence-electron chi connectivity index (χ0n) is 11.9. The molecule has 0 aliphatic carbocycles. The van der Waals surface area contributed by atoms with Gasteiger partial charge >= 0.3 is 0 Å². The molecule has 21 heavy (non-hydrogen) atoms. The predicted octanol–water partition coefficient (Wildman–Crippen LogP) is 3.87. The molecule has 0 aliphatic heterocycles. The molecule has 0 bridgehead atoms. The maximum absolute atomic E-state index is 9.75. The first kappa shape index (κ1) is 13.6. The van der Waals surface area contributed by atoms with Crippen molar-refractivity contribution in [3.63, 3.8) is 0 Å². The van der Waals surface area contributed by atoms with Gasteiger partial charge in [-0.25, -0.2) is 4.98 Å². The first-order valence-electron chi connectivity index (χ1n) is 6.98. The van der Waals surface area contributed by atoms with Crippen LogP contribution in [0.3, 0.4) is 0 Å².